The summed E-state index contributed by atoms with van der Waals surface area (Å²) in [7, 11) is -5.39. The zero-order valence-corrected chi connectivity index (χ0v) is 26.5. The zero-order chi connectivity index (χ0) is 28.9. The first-order valence-electron chi connectivity index (χ1n) is 12.7. The molecule has 0 atom stereocenters. The summed E-state index contributed by atoms with van der Waals surface area (Å²) in [5, 5.41) is 12.5. The van der Waals surface area contributed by atoms with Gasteiger partial charge in [-0.2, -0.15) is 5.26 Å². The molecule has 1 aliphatic rings. The third-order valence-corrected chi connectivity index (χ3v) is 7.72. The molecule has 4 aromatic rings. The predicted octanol–water partition coefficient (Wildman–Crippen LogP) is 2.92. The molecular weight excluding hydrogens is 733 g/mol. The minimum Gasteiger partial charge on any atom is -0.222 e. The van der Waals surface area contributed by atoms with Gasteiger partial charge in [-0.05, 0) is 61.7 Å². The summed E-state index contributed by atoms with van der Waals surface area (Å²) in [6.07, 6.45) is 14.0. The van der Waals surface area contributed by atoms with Gasteiger partial charge in [-0.1, -0.05) is 133 Å². The van der Waals surface area contributed by atoms with Crippen molar-refractivity contribution in [3.05, 3.63) is 151 Å². The molecule has 0 fully saturated rings. The maximum atomic E-state index is 8.49. The average molecular weight is 765 g/mol. The van der Waals surface area contributed by atoms with E-state index in [0.717, 1.165) is 0 Å². The number of benzene rings is 4. The Bertz CT molecular complexity index is 1170. The van der Waals surface area contributed by atoms with E-state index in [9.17, 15) is 0 Å². The van der Waals surface area contributed by atoms with E-state index in [1.54, 1.807) is 12.1 Å². The summed E-state index contributed by atoms with van der Waals surface area (Å²) in [5.74, 6) is 0. The van der Waals surface area contributed by atoms with E-state index in [0.29, 0.717) is 5.56 Å². The Morgan fingerprint density at radius 1 is 0.488 bits per heavy atom. The van der Waals surface area contributed by atoms with E-state index in [-0.39, 0.29) is 20.1 Å². The number of nitriles is 1. The molecular formula is C33H32ClIrNO4P-. The molecule has 1 radical (unpaired) electrons. The van der Waals surface area contributed by atoms with Gasteiger partial charge in [0.1, 0.15) is 0 Å². The minimum absolute atomic E-state index is 0. The first-order valence-corrected chi connectivity index (χ1v) is 15.3. The monoisotopic (exact) mass is 765 g/mol. The fourth-order valence-corrected chi connectivity index (χ4v) is 5.85. The summed E-state index contributed by atoms with van der Waals surface area (Å²) < 4.78 is 34.0. The Kier molecular flexibility index (Phi) is 19.2. The Labute approximate surface area is 260 Å². The van der Waals surface area contributed by atoms with Gasteiger partial charge in [0, 0.05) is 20.1 Å². The SMILES string of the molecule is C1=C\CC/C=C\CC/1.N#Cc1ccccc1.[Ir].[O-][Cl+3]([O-])([O-])[O-].c1ccc(P(c2ccccc2)c2ccccc2)cc1. The van der Waals surface area contributed by atoms with Crippen LogP contribution in [-0.4, -0.2) is 0 Å². The maximum absolute atomic E-state index is 8.49. The summed E-state index contributed by atoms with van der Waals surface area (Å²) in [6.45, 7) is 0. The molecule has 0 N–H and O–H groups in total. The van der Waals surface area contributed by atoms with E-state index >= 15 is 0 Å². The van der Waals surface area contributed by atoms with Crippen LogP contribution in [0.5, 0.6) is 0 Å². The van der Waals surface area contributed by atoms with E-state index < -0.39 is 18.2 Å². The van der Waals surface area contributed by atoms with Gasteiger partial charge in [0.15, 0.2) is 0 Å². The van der Waals surface area contributed by atoms with Crippen LogP contribution < -0.4 is 34.5 Å². The number of hydrogen-bond donors (Lipinski definition) is 0. The van der Waals surface area contributed by atoms with Gasteiger partial charge in [0.05, 0.1) is 11.6 Å². The molecule has 0 bridgehead atoms. The Hall–Kier alpha value is -2.94. The van der Waals surface area contributed by atoms with Gasteiger partial charge in [0.2, 0.25) is 0 Å². The van der Waals surface area contributed by atoms with Crippen molar-refractivity contribution in [3.8, 4) is 6.07 Å². The molecule has 0 unspecified atom stereocenters. The smallest absolute Gasteiger partial charge is 0.0991 e. The fourth-order valence-electron chi connectivity index (χ4n) is 3.55. The normalized spacial score (nSPS) is 13.4. The first kappa shape index (κ1) is 36.1. The summed E-state index contributed by atoms with van der Waals surface area (Å²) in [5.41, 5.74) is 0.715. The molecule has 41 heavy (non-hydrogen) atoms. The van der Waals surface area contributed by atoms with Crippen LogP contribution in [0.3, 0.4) is 0 Å². The first-order chi connectivity index (χ1) is 19.4. The predicted molar refractivity (Wildman–Crippen MR) is 153 cm³/mol. The summed E-state index contributed by atoms with van der Waals surface area (Å²) in [4.78, 5) is 0. The molecule has 0 saturated carbocycles. The number of allylic oxidation sites excluding steroid dienone is 4. The van der Waals surface area contributed by atoms with Crippen LogP contribution in [0, 0.1) is 21.6 Å². The number of nitrogens with zero attached hydrogens (tertiary/aromatic N) is 1. The largest absolute Gasteiger partial charge is 0.222 e. The average Bonchev–Trinajstić information content (AvgIpc) is 2.95. The zero-order valence-electron chi connectivity index (χ0n) is 22.4. The van der Waals surface area contributed by atoms with Crippen molar-refractivity contribution < 1.29 is 49.0 Å². The third kappa shape index (κ3) is 17.5. The van der Waals surface area contributed by atoms with E-state index in [1.807, 2.05) is 24.3 Å². The molecule has 0 saturated heterocycles. The fraction of sp³-hybridized carbons (Fsp3) is 0.121. The summed E-state index contributed by atoms with van der Waals surface area (Å²) >= 11 is 0. The Morgan fingerprint density at radius 3 is 0.951 bits per heavy atom. The van der Waals surface area contributed by atoms with Crippen molar-refractivity contribution in [2.45, 2.75) is 25.7 Å². The molecule has 8 heteroatoms. The Morgan fingerprint density at radius 2 is 0.732 bits per heavy atom. The molecule has 1 aliphatic carbocycles. The molecule has 4 aromatic carbocycles. The molecule has 5 nitrogen and oxygen atoms in total. The van der Waals surface area contributed by atoms with Crippen LogP contribution in [0.2, 0.25) is 0 Å². The number of halogens is 1. The van der Waals surface area contributed by atoms with Gasteiger partial charge in [0.25, 0.3) is 0 Å². The van der Waals surface area contributed by atoms with Gasteiger partial charge in [-0.3, -0.25) is 0 Å². The summed E-state index contributed by atoms with van der Waals surface area (Å²) in [6, 6.07) is 43.5. The maximum Gasteiger partial charge on any atom is 0.0991 e. The van der Waals surface area contributed by atoms with E-state index in [4.69, 9.17) is 23.9 Å². The van der Waals surface area contributed by atoms with Crippen molar-refractivity contribution >= 4 is 23.8 Å². The molecule has 0 aliphatic heterocycles. The van der Waals surface area contributed by atoms with Gasteiger partial charge in [-0.25, -0.2) is 18.6 Å². The van der Waals surface area contributed by atoms with Crippen LogP contribution >= 0.6 is 7.92 Å². The van der Waals surface area contributed by atoms with Crippen LogP contribution in [0.15, 0.2) is 146 Å². The van der Waals surface area contributed by atoms with Crippen molar-refractivity contribution in [1.82, 2.24) is 0 Å². The molecule has 5 rings (SSSR count). The van der Waals surface area contributed by atoms with Gasteiger partial charge < -0.3 is 0 Å². The standard InChI is InChI=1S/C18H15P.C8H12.C7H5N.ClHO4.Ir/c1-4-10-16(11-5-1)19(17-12-6-2-7-13-17)18-14-8-3-9-15-18;1-2-4-6-8-7-5-3-1;8-6-7-4-2-1-3-5-7;2-1(3,4)5;/h1-15H;1-2,7-8H,3-6H2;1-5H;(H,2,3,4,5);/p-1/b;2-1-,8-7-;;;. The topological polar surface area (TPSA) is 116 Å². The van der Waals surface area contributed by atoms with Crippen molar-refractivity contribution in [2.75, 3.05) is 0 Å². The van der Waals surface area contributed by atoms with E-state index in [2.05, 4.69) is 115 Å². The quantitative estimate of drug-likeness (QED) is 0.235. The minimum atomic E-state index is -4.94. The molecule has 0 aromatic heterocycles. The van der Waals surface area contributed by atoms with E-state index in [1.165, 1.54) is 41.6 Å². The third-order valence-electron chi connectivity index (χ3n) is 5.28. The van der Waals surface area contributed by atoms with Crippen molar-refractivity contribution in [3.63, 3.8) is 0 Å². The molecule has 215 valence electrons. The molecule has 0 amide bonds. The second-order valence-corrected chi connectivity index (χ2v) is 11.3. The number of hydrogen-bond acceptors (Lipinski definition) is 5. The van der Waals surface area contributed by atoms with Crippen LogP contribution in [-0.2, 0) is 20.1 Å². The second kappa shape index (κ2) is 21.8. The number of rotatable bonds is 3. The van der Waals surface area contributed by atoms with Gasteiger partial charge in [-0.15, -0.1) is 10.2 Å². The second-order valence-electron chi connectivity index (χ2n) is 8.30. The van der Waals surface area contributed by atoms with Crippen LogP contribution in [0.1, 0.15) is 31.2 Å². The van der Waals surface area contributed by atoms with Crippen molar-refractivity contribution in [2.24, 2.45) is 0 Å². The van der Waals surface area contributed by atoms with Gasteiger partial charge >= 0.3 is 0 Å². The Balaban J connectivity index is 0.000000318. The molecule has 0 spiro atoms. The van der Waals surface area contributed by atoms with Crippen LogP contribution in [0.25, 0.3) is 0 Å². The molecule has 0 heterocycles. The van der Waals surface area contributed by atoms with Crippen LogP contribution in [0.4, 0.5) is 0 Å². The van der Waals surface area contributed by atoms with Crippen molar-refractivity contribution in [1.29, 1.82) is 5.26 Å².